The molecular formula is C10H14N2O2S. The second-order valence-electron chi connectivity index (χ2n) is 3.82. The summed E-state index contributed by atoms with van der Waals surface area (Å²) in [7, 11) is 0. The maximum absolute atomic E-state index is 11.9. The van der Waals surface area contributed by atoms with Crippen molar-refractivity contribution < 1.29 is 9.90 Å². The SMILES string of the molecule is CCC1CN(C(=O)c2cscn2)CC1O. The summed E-state index contributed by atoms with van der Waals surface area (Å²) in [5.74, 6) is 0.152. The number of carbonyl (C=O) groups is 1. The summed E-state index contributed by atoms with van der Waals surface area (Å²) in [6, 6.07) is 0. The topological polar surface area (TPSA) is 53.4 Å². The molecule has 82 valence electrons. The van der Waals surface area contributed by atoms with Gasteiger partial charge in [-0.15, -0.1) is 11.3 Å². The van der Waals surface area contributed by atoms with E-state index < -0.39 is 0 Å². The quantitative estimate of drug-likeness (QED) is 0.818. The molecule has 1 saturated heterocycles. The van der Waals surface area contributed by atoms with E-state index in [4.69, 9.17) is 0 Å². The number of aromatic nitrogens is 1. The molecule has 1 N–H and O–H groups in total. The monoisotopic (exact) mass is 226 g/mol. The van der Waals surface area contributed by atoms with Gasteiger partial charge in [0.25, 0.3) is 5.91 Å². The van der Waals surface area contributed by atoms with Gasteiger partial charge >= 0.3 is 0 Å². The number of amides is 1. The highest BCUT2D eigenvalue weighted by molar-refractivity contribution is 7.07. The minimum atomic E-state index is -0.377. The third-order valence-corrected chi connectivity index (χ3v) is 3.46. The third-order valence-electron chi connectivity index (χ3n) is 2.87. The van der Waals surface area contributed by atoms with E-state index in [1.807, 2.05) is 6.92 Å². The molecule has 1 aromatic rings. The molecule has 0 bridgehead atoms. The van der Waals surface area contributed by atoms with Crippen LogP contribution >= 0.6 is 11.3 Å². The lowest BCUT2D eigenvalue weighted by molar-refractivity contribution is 0.0759. The van der Waals surface area contributed by atoms with Gasteiger partial charge in [-0.05, 0) is 6.42 Å². The van der Waals surface area contributed by atoms with Crippen LogP contribution in [0.3, 0.4) is 0 Å². The molecule has 0 aromatic carbocycles. The van der Waals surface area contributed by atoms with Gasteiger partial charge in [-0.3, -0.25) is 4.79 Å². The molecule has 4 nitrogen and oxygen atoms in total. The Morgan fingerprint density at radius 3 is 3.07 bits per heavy atom. The van der Waals surface area contributed by atoms with Crippen molar-refractivity contribution in [3.05, 3.63) is 16.6 Å². The van der Waals surface area contributed by atoms with Crippen LogP contribution in [0.25, 0.3) is 0 Å². The molecule has 1 fully saturated rings. The maximum Gasteiger partial charge on any atom is 0.273 e. The second-order valence-corrected chi connectivity index (χ2v) is 4.54. The number of nitrogens with zero attached hydrogens (tertiary/aromatic N) is 2. The van der Waals surface area contributed by atoms with E-state index in [-0.39, 0.29) is 17.9 Å². The fourth-order valence-corrected chi connectivity index (χ4v) is 2.43. The summed E-state index contributed by atoms with van der Waals surface area (Å²) in [5.41, 5.74) is 2.14. The van der Waals surface area contributed by atoms with Crippen molar-refractivity contribution >= 4 is 17.2 Å². The number of aliphatic hydroxyl groups is 1. The van der Waals surface area contributed by atoms with E-state index in [0.717, 1.165) is 6.42 Å². The number of rotatable bonds is 2. The Bertz CT molecular complexity index is 339. The largest absolute Gasteiger partial charge is 0.391 e. The number of hydrogen-bond acceptors (Lipinski definition) is 4. The van der Waals surface area contributed by atoms with Gasteiger partial charge in [0.05, 0.1) is 11.6 Å². The summed E-state index contributed by atoms with van der Waals surface area (Å²) < 4.78 is 0. The van der Waals surface area contributed by atoms with Crippen molar-refractivity contribution in [2.24, 2.45) is 5.92 Å². The van der Waals surface area contributed by atoms with Gasteiger partial charge in [-0.1, -0.05) is 6.92 Å². The highest BCUT2D eigenvalue weighted by Gasteiger charge is 2.33. The zero-order chi connectivity index (χ0) is 10.8. The Morgan fingerprint density at radius 1 is 1.73 bits per heavy atom. The minimum absolute atomic E-state index is 0.0637. The Kier molecular flexibility index (Phi) is 3.02. The van der Waals surface area contributed by atoms with Gasteiger partial charge < -0.3 is 10.0 Å². The van der Waals surface area contributed by atoms with Gasteiger partial charge in [0.2, 0.25) is 0 Å². The van der Waals surface area contributed by atoms with E-state index in [2.05, 4.69) is 4.98 Å². The maximum atomic E-state index is 11.9. The van der Waals surface area contributed by atoms with Crippen molar-refractivity contribution in [1.29, 1.82) is 0 Å². The summed E-state index contributed by atoms with van der Waals surface area (Å²) in [6.07, 6.45) is 0.528. The van der Waals surface area contributed by atoms with Crippen molar-refractivity contribution in [1.82, 2.24) is 9.88 Å². The van der Waals surface area contributed by atoms with Gasteiger partial charge in [-0.25, -0.2) is 4.98 Å². The molecule has 1 aromatic heterocycles. The number of β-amino-alcohol motifs (C(OH)–C–C–N with tert-alkyl or cyclic N) is 1. The lowest BCUT2D eigenvalue weighted by atomic mass is 10.0. The van der Waals surface area contributed by atoms with Crippen molar-refractivity contribution in [3.63, 3.8) is 0 Å². The number of aliphatic hydroxyl groups excluding tert-OH is 1. The highest BCUT2D eigenvalue weighted by Crippen LogP contribution is 2.21. The first-order valence-corrected chi connectivity index (χ1v) is 6.02. The molecule has 0 aliphatic carbocycles. The molecule has 1 aliphatic heterocycles. The Labute approximate surface area is 92.6 Å². The van der Waals surface area contributed by atoms with E-state index >= 15 is 0 Å². The first-order chi connectivity index (χ1) is 7.22. The van der Waals surface area contributed by atoms with Crippen LogP contribution < -0.4 is 0 Å². The molecule has 1 amide bonds. The summed E-state index contributed by atoms with van der Waals surface area (Å²) in [4.78, 5) is 17.5. The molecule has 0 radical (unpaired) electrons. The van der Waals surface area contributed by atoms with Crippen molar-refractivity contribution in [2.75, 3.05) is 13.1 Å². The average molecular weight is 226 g/mol. The van der Waals surface area contributed by atoms with E-state index in [9.17, 15) is 9.90 Å². The van der Waals surface area contributed by atoms with E-state index in [1.165, 1.54) is 11.3 Å². The van der Waals surface area contributed by atoms with Gasteiger partial charge in [0.1, 0.15) is 5.69 Å². The van der Waals surface area contributed by atoms with Crippen LogP contribution in [0.15, 0.2) is 10.9 Å². The normalized spacial score (nSPS) is 25.9. The van der Waals surface area contributed by atoms with Crippen molar-refractivity contribution in [2.45, 2.75) is 19.4 Å². The number of likely N-dealkylation sites (tertiary alicyclic amines) is 1. The van der Waals surface area contributed by atoms with Crippen LogP contribution in [0, 0.1) is 5.92 Å². The molecule has 2 atom stereocenters. The van der Waals surface area contributed by atoms with Crippen LogP contribution in [0.2, 0.25) is 0 Å². The summed E-state index contributed by atoms with van der Waals surface area (Å²) >= 11 is 1.41. The molecular weight excluding hydrogens is 212 g/mol. The predicted octanol–water partition coefficient (Wildman–Crippen LogP) is 0.986. The molecule has 2 heterocycles. The zero-order valence-corrected chi connectivity index (χ0v) is 9.41. The third kappa shape index (κ3) is 2.03. The molecule has 5 heteroatoms. The molecule has 2 unspecified atom stereocenters. The minimum Gasteiger partial charge on any atom is -0.391 e. The smallest absolute Gasteiger partial charge is 0.273 e. The molecule has 15 heavy (non-hydrogen) atoms. The van der Waals surface area contributed by atoms with Crippen LogP contribution in [0.1, 0.15) is 23.8 Å². The number of hydrogen-bond donors (Lipinski definition) is 1. The Hall–Kier alpha value is -0.940. The Morgan fingerprint density at radius 2 is 2.53 bits per heavy atom. The predicted molar refractivity (Wildman–Crippen MR) is 57.8 cm³/mol. The average Bonchev–Trinajstić information content (AvgIpc) is 2.85. The van der Waals surface area contributed by atoms with Gasteiger partial charge in [-0.2, -0.15) is 0 Å². The van der Waals surface area contributed by atoms with Crippen LogP contribution in [-0.2, 0) is 0 Å². The van der Waals surface area contributed by atoms with Crippen LogP contribution in [0.5, 0.6) is 0 Å². The standard InChI is InChI=1S/C10H14N2O2S/c1-2-7-3-12(4-9(7)13)10(14)8-5-15-6-11-8/h5-7,9,13H,2-4H2,1H3. The molecule has 0 saturated carbocycles. The molecule has 1 aliphatic rings. The molecule has 0 spiro atoms. The highest BCUT2D eigenvalue weighted by atomic mass is 32.1. The summed E-state index contributed by atoms with van der Waals surface area (Å²) in [5, 5.41) is 11.4. The molecule has 2 rings (SSSR count). The Balaban J connectivity index is 2.05. The summed E-state index contributed by atoms with van der Waals surface area (Å²) in [6.45, 7) is 3.12. The van der Waals surface area contributed by atoms with Gasteiger partial charge in [0, 0.05) is 24.4 Å². The number of carbonyl (C=O) groups excluding carboxylic acids is 1. The van der Waals surface area contributed by atoms with Gasteiger partial charge in [0.15, 0.2) is 0 Å². The van der Waals surface area contributed by atoms with E-state index in [1.54, 1.807) is 15.8 Å². The second kappa shape index (κ2) is 4.28. The lowest BCUT2D eigenvalue weighted by Gasteiger charge is -2.13. The van der Waals surface area contributed by atoms with E-state index in [0.29, 0.717) is 18.8 Å². The van der Waals surface area contributed by atoms with Crippen LogP contribution in [-0.4, -0.2) is 40.1 Å². The fourth-order valence-electron chi connectivity index (χ4n) is 1.90. The number of thiazole rings is 1. The first-order valence-electron chi connectivity index (χ1n) is 5.08. The zero-order valence-electron chi connectivity index (χ0n) is 8.59. The lowest BCUT2D eigenvalue weighted by Crippen LogP contribution is -2.29. The fraction of sp³-hybridized carbons (Fsp3) is 0.600. The first kappa shape index (κ1) is 10.6. The van der Waals surface area contributed by atoms with Crippen LogP contribution in [0.4, 0.5) is 0 Å². The van der Waals surface area contributed by atoms with Crippen molar-refractivity contribution in [3.8, 4) is 0 Å².